The lowest BCUT2D eigenvalue weighted by molar-refractivity contribution is 0.386. The Bertz CT molecular complexity index is 591. The molecule has 1 heterocycles. The highest BCUT2D eigenvalue weighted by Gasteiger charge is 2.06. The van der Waals surface area contributed by atoms with Crippen LogP contribution in [0.1, 0.15) is 0 Å². The van der Waals surface area contributed by atoms with Crippen LogP contribution in [0.4, 0.5) is 27.7 Å². The van der Waals surface area contributed by atoms with Gasteiger partial charge in [0.15, 0.2) is 11.6 Å². The van der Waals surface area contributed by atoms with Gasteiger partial charge in [0, 0.05) is 17.8 Å². The maximum absolute atomic E-state index is 13.5. The topological polar surface area (TPSA) is 111 Å². The zero-order chi connectivity index (χ0) is 13.8. The summed E-state index contributed by atoms with van der Waals surface area (Å²) in [7, 11) is 1.40. The molecule has 0 unspecified atom stereocenters. The van der Waals surface area contributed by atoms with E-state index in [0.29, 0.717) is 17.3 Å². The number of nitrogens with two attached hydrogens (primary N) is 2. The molecule has 0 aliphatic carbocycles. The molecule has 0 aliphatic heterocycles. The van der Waals surface area contributed by atoms with Crippen molar-refractivity contribution < 1.29 is 9.13 Å². The van der Waals surface area contributed by atoms with Gasteiger partial charge in [-0.2, -0.15) is 9.97 Å². The molecule has 0 saturated carbocycles. The van der Waals surface area contributed by atoms with Gasteiger partial charge in [-0.25, -0.2) is 10.2 Å². The molecule has 6 N–H and O–H groups in total. The van der Waals surface area contributed by atoms with Gasteiger partial charge in [0.25, 0.3) is 0 Å². The van der Waals surface area contributed by atoms with Crippen LogP contribution in [0.2, 0.25) is 0 Å². The molecular weight excluding hydrogens is 251 g/mol. The zero-order valence-electron chi connectivity index (χ0n) is 10.1. The van der Waals surface area contributed by atoms with Crippen molar-refractivity contribution >= 4 is 23.3 Å². The summed E-state index contributed by atoms with van der Waals surface area (Å²) in [5.41, 5.74) is 8.37. The molecule has 2 rings (SSSR count). The van der Waals surface area contributed by atoms with Gasteiger partial charge < -0.3 is 21.2 Å². The van der Waals surface area contributed by atoms with Crippen LogP contribution >= 0.6 is 0 Å². The summed E-state index contributed by atoms with van der Waals surface area (Å²) < 4.78 is 18.4. The lowest BCUT2D eigenvalue weighted by atomic mass is 10.3. The average Bonchev–Trinajstić information content (AvgIpc) is 2.38. The second kappa shape index (κ2) is 5.36. The average molecular weight is 264 g/mol. The fourth-order valence-corrected chi connectivity index (χ4v) is 1.50. The summed E-state index contributed by atoms with van der Waals surface area (Å²) in [6, 6.07) is 5.98. The Hall–Kier alpha value is -2.61. The minimum Gasteiger partial charge on any atom is -0.494 e. The summed E-state index contributed by atoms with van der Waals surface area (Å²) in [4.78, 5) is 7.79. The van der Waals surface area contributed by atoms with Crippen LogP contribution in [0.25, 0.3) is 0 Å². The summed E-state index contributed by atoms with van der Waals surface area (Å²) in [5, 5.41) is 2.89. The molecule has 0 spiro atoms. The second-order valence-electron chi connectivity index (χ2n) is 3.62. The number of aromatic nitrogens is 2. The van der Waals surface area contributed by atoms with Gasteiger partial charge in [-0.3, -0.25) is 0 Å². The number of hydrazine groups is 1. The van der Waals surface area contributed by atoms with Gasteiger partial charge in [0.1, 0.15) is 11.6 Å². The first-order valence-electron chi connectivity index (χ1n) is 5.34. The van der Waals surface area contributed by atoms with E-state index in [4.69, 9.17) is 16.3 Å². The van der Waals surface area contributed by atoms with Crippen molar-refractivity contribution in [2.24, 2.45) is 5.84 Å². The number of nitrogen functional groups attached to an aromatic ring is 2. The van der Waals surface area contributed by atoms with E-state index in [9.17, 15) is 4.39 Å². The number of rotatable bonds is 4. The van der Waals surface area contributed by atoms with Crippen molar-refractivity contribution in [3.8, 4) is 5.75 Å². The third kappa shape index (κ3) is 2.99. The third-order valence-corrected chi connectivity index (χ3v) is 2.32. The van der Waals surface area contributed by atoms with Crippen molar-refractivity contribution in [1.29, 1.82) is 0 Å². The fourth-order valence-electron chi connectivity index (χ4n) is 1.50. The number of hydrogen-bond donors (Lipinski definition) is 4. The summed E-state index contributed by atoms with van der Waals surface area (Å²) >= 11 is 0. The standard InChI is InChI=1S/C11H13FN6O/c1-19-8-3-2-6(4-7(8)12)15-9-5-10(18-14)17-11(13)16-9/h2-5H,14H2,1H3,(H4,13,15,16,17,18). The van der Waals surface area contributed by atoms with Crippen molar-refractivity contribution in [2.45, 2.75) is 0 Å². The van der Waals surface area contributed by atoms with E-state index in [-0.39, 0.29) is 11.7 Å². The number of nitrogens with zero attached hydrogens (tertiary/aromatic N) is 2. The molecule has 0 radical (unpaired) electrons. The maximum atomic E-state index is 13.5. The molecular formula is C11H13FN6O. The number of anilines is 4. The lowest BCUT2D eigenvalue weighted by Gasteiger charge is -2.09. The monoisotopic (exact) mass is 264 g/mol. The molecule has 2 aromatic rings. The molecule has 19 heavy (non-hydrogen) atoms. The van der Waals surface area contributed by atoms with Crippen molar-refractivity contribution in [3.05, 3.63) is 30.1 Å². The minimum absolute atomic E-state index is 0.0481. The quantitative estimate of drug-likeness (QED) is 0.485. The molecule has 1 aromatic carbocycles. The lowest BCUT2D eigenvalue weighted by Crippen LogP contribution is -2.11. The van der Waals surface area contributed by atoms with Crippen LogP contribution in [-0.2, 0) is 0 Å². The predicted molar refractivity (Wildman–Crippen MR) is 70.5 cm³/mol. The van der Waals surface area contributed by atoms with Crippen molar-refractivity contribution in [3.63, 3.8) is 0 Å². The largest absolute Gasteiger partial charge is 0.494 e. The summed E-state index contributed by atoms with van der Waals surface area (Å²) in [6.45, 7) is 0. The summed E-state index contributed by atoms with van der Waals surface area (Å²) in [5.74, 6) is 5.72. The minimum atomic E-state index is -0.480. The molecule has 0 bridgehead atoms. The highest BCUT2D eigenvalue weighted by molar-refractivity contribution is 5.61. The number of ether oxygens (including phenoxy) is 1. The number of halogens is 1. The van der Waals surface area contributed by atoms with Crippen LogP contribution < -0.4 is 27.1 Å². The second-order valence-corrected chi connectivity index (χ2v) is 3.62. The van der Waals surface area contributed by atoms with E-state index in [1.807, 2.05) is 0 Å². The van der Waals surface area contributed by atoms with Crippen molar-refractivity contribution in [1.82, 2.24) is 9.97 Å². The Morgan fingerprint density at radius 1 is 1.21 bits per heavy atom. The molecule has 100 valence electrons. The van der Waals surface area contributed by atoms with Gasteiger partial charge in [0.05, 0.1) is 7.11 Å². The smallest absolute Gasteiger partial charge is 0.223 e. The Morgan fingerprint density at radius 3 is 2.58 bits per heavy atom. The van der Waals surface area contributed by atoms with Gasteiger partial charge in [-0.05, 0) is 12.1 Å². The number of hydrogen-bond acceptors (Lipinski definition) is 7. The van der Waals surface area contributed by atoms with Crippen LogP contribution in [0, 0.1) is 5.82 Å². The van der Waals surface area contributed by atoms with Gasteiger partial charge in [0.2, 0.25) is 5.95 Å². The van der Waals surface area contributed by atoms with E-state index in [0.717, 1.165) is 0 Å². The molecule has 0 fully saturated rings. The van der Waals surface area contributed by atoms with E-state index in [2.05, 4.69) is 20.7 Å². The normalized spacial score (nSPS) is 10.1. The Kier molecular flexibility index (Phi) is 3.62. The molecule has 1 aromatic heterocycles. The first kappa shape index (κ1) is 12.8. The first-order chi connectivity index (χ1) is 9.12. The summed E-state index contributed by atoms with van der Waals surface area (Å²) in [6.07, 6.45) is 0. The van der Waals surface area contributed by atoms with Gasteiger partial charge in [-0.15, -0.1) is 0 Å². The SMILES string of the molecule is COc1ccc(Nc2cc(NN)nc(N)n2)cc1F. The fraction of sp³-hybridized carbons (Fsp3) is 0.0909. The Morgan fingerprint density at radius 2 is 1.95 bits per heavy atom. The highest BCUT2D eigenvalue weighted by atomic mass is 19.1. The van der Waals surface area contributed by atoms with Crippen LogP contribution in [-0.4, -0.2) is 17.1 Å². The predicted octanol–water partition coefficient (Wildman–Crippen LogP) is 1.24. The zero-order valence-corrected chi connectivity index (χ0v) is 10.1. The van der Waals surface area contributed by atoms with E-state index >= 15 is 0 Å². The number of nitrogens with one attached hydrogen (secondary N) is 2. The molecule has 0 atom stereocenters. The maximum Gasteiger partial charge on any atom is 0.223 e. The third-order valence-electron chi connectivity index (χ3n) is 2.32. The highest BCUT2D eigenvalue weighted by Crippen LogP contribution is 2.23. The molecule has 0 saturated heterocycles. The van der Waals surface area contributed by atoms with Gasteiger partial charge >= 0.3 is 0 Å². The Labute approximate surface area is 108 Å². The van der Waals surface area contributed by atoms with Crippen LogP contribution in [0.5, 0.6) is 5.75 Å². The van der Waals surface area contributed by atoms with Crippen LogP contribution in [0.3, 0.4) is 0 Å². The van der Waals surface area contributed by atoms with E-state index in [1.165, 1.54) is 19.2 Å². The molecule has 0 amide bonds. The first-order valence-corrected chi connectivity index (χ1v) is 5.34. The number of benzene rings is 1. The van der Waals surface area contributed by atoms with Gasteiger partial charge in [-0.1, -0.05) is 0 Å². The molecule has 0 aliphatic rings. The van der Waals surface area contributed by atoms with Crippen molar-refractivity contribution in [2.75, 3.05) is 23.6 Å². The van der Waals surface area contributed by atoms with E-state index in [1.54, 1.807) is 12.1 Å². The van der Waals surface area contributed by atoms with Crippen LogP contribution in [0.15, 0.2) is 24.3 Å². The number of methoxy groups -OCH3 is 1. The molecule has 8 heteroatoms. The Balaban J connectivity index is 2.25. The molecule has 7 nitrogen and oxygen atoms in total. The van der Waals surface area contributed by atoms with E-state index < -0.39 is 5.82 Å².